The summed E-state index contributed by atoms with van der Waals surface area (Å²) in [5.74, 6) is 1.68. The van der Waals surface area contributed by atoms with Gasteiger partial charge in [0.1, 0.15) is 5.75 Å². The van der Waals surface area contributed by atoms with Crippen molar-refractivity contribution in [3.63, 3.8) is 0 Å². The van der Waals surface area contributed by atoms with Crippen molar-refractivity contribution in [2.75, 3.05) is 27.3 Å². The smallest absolute Gasteiger partial charge is 0.160 e. The Labute approximate surface area is 137 Å². The summed E-state index contributed by atoms with van der Waals surface area (Å²) in [4.78, 5) is 2.43. The van der Waals surface area contributed by atoms with Gasteiger partial charge in [0.2, 0.25) is 0 Å². The van der Waals surface area contributed by atoms with Gasteiger partial charge < -0.3 is 14.6 Å². The average molecular weight is 313 g/mol. The molecule has 0 radical (unpaired) electrons. The second-order valence-electron chi connectivity index (χ2n) is 5.92. The highest BCUT2D eigenvalue weighted by molar-refractivity contribution is 5.47. The number of fused-ring (bicyclic) bond motifs is 1. The lowest BCUT2D eigenvalue weighted by atomic mass is 9.98. The maximum Gasteiger partial charge on any atom is 0.160 e. The van der Waals surface area contributed by atoms with E-state index in [9.17, 15) is 5.11 Å². The monoisotopic (exact) mass is 313 g/mol. The molecule has 0 atom stereocenters. The lowest BCUT2D eigenvalue weighted by Gasteiger charge is -2.29. The Bertz CT molecular complexity index is 667. The Balaban J connectivity index is 1.61. The van der Waals surface area contributed by atoms with Crippen LogP contribution in [0.2, 0.25) is 0 Å². The molecule has 0 bridgehead atoms. The van der Waals surface area contributed by atoms with Crippen molar-refractivity contribution in [1.29, 1.82) is 0 Å². The number of benzene rings is 2. The maximum absolute atomic E-state index is 9.95. The molecular formula is C19H23NO3. The molecule has 1 aliphatic heterocycles. The molecule has 2 aromatic rings. The standard InChI is InChI=1S/C19H23NO3/c1-22-17-5-3-14(4-6-17)7-9-20-10-8-15-12-19(23-2)18(21)11-16(15)13-20/h3-6,11-12,21H,7-10,13H2,1-2H3. The first-order valence-corrected chi connectivity index (χ1v) is 7.93. The van der Waals surface area contributed by atoms with Gasteiger partial charge in [-0.3, -0.25) is 4.90 Å². The Morgan fingerprint density at radius 3 is 2.52 bits per heavy atom. The van der Waals surface area contributed by atoms with E-state index in [-0.39, 0.29) is 5.75 Å². The van der Waals surface area contributed by atoms with Crippen molar-refractivity contribution in [2.45, 2.75) is 19.4 Å². The third kappa shape index (κ3) is 3.59. The molecule has 0 spiro atoms. The van der Waals surface area contributed by atoms with E-state index in [4.69, 9.17) is 9.47 Å². The van der Waals surface area contributed by atoms with Gasteiger partial charge in [-0.05, 0) is 53.8 Å². The van der Waals surface area contributed by atoms with Gasteiger partial charge in [-0.25, -0.2) is 0 Å². The van der Waals surface area contributed by atoms with Crippen LogP contribution in [0.5, 0.6) is 17.2 Å². The Kier molecular flexibility index (Phi) is 4.72. The van der Waals surface area contributed by atoms with Gasteiger partial charge in [0.05, 0.1) is 14.2 Å². The highest BCUT2D eigenvalue weighted by Crippen LogP contribution is 2.32. The van der Waals surface area contributed by atoms with Crippen molar-refractivity contribution in [3.05, 3.63) is 53.1 Å². The molecule has 0 unspecified atom stereocenters. The summed E-state index contributed by atoms with van der Waals surface area (Å²) in [5, 5.41) is 9.95. The number of phenolic OH excluding ortho intramolecular Hbond substituents is 1. The van der Waals surface area contributed by atoms with E-state index in [1.54, 1.807) is 14.2 Å². The number of phenols is 1. The molecule has 0 aliphatic carbocycles. The third-order valence-electron chi connectivity index (χ3n) is 4.47. The van der Waals surface area contributed by atoms with Crippen LogP contribution in [0, 0.1) is 0 Å². The van der Waals surface area contributed by atoms with Crippen molar-refractivity contribution < 1.29 is 14.6 Å². The predicted octanol–water partition coefficient (Wildman–Crippen LogP) is 3.01. The van der Waals surface area contributed by atoms with Crippen molar-refractivity contribution >= 4 is 0 Å². The second-order valence-corrected chi connectivity index (χ2v) is 5.92. The number of methoxy groups -OCH3 is 2. The van der Waals surface area contributed by atoms with Crippen LogP contribution in [0.3, 0.4) is 0 Å². The quantitative estimate of drug-likeness (QED) is 0.921. The first-order chi connectivity index (χ1) is 11.2. The summed E-state index contributed by atoms with van der Waals surface area (Å²) in [6.07, 6.45) is 2.01. The summed E-state index contributed by atoms with van der Waals surface area (Å²) in [5.41, 5.74) is 3.79. The molecule has 1 N–H and O–H groups in total. The van der Waals surface area contributed by atoms with Gasteiger partial charge in [0.25, 0.3) is 0 Å². The number of hydrogen-bond acceptors (Lipinski definition) is 4. The average Bonchev–Trinajstić information content (AvgIpc) is 2.59. The number of aromatic hydroxyl groups is 1. The first-order valence-electron chi connectivity index (χ1n) is 7.93. The molecule has 0 fully saturated rings. The van der Waals surface area contributed by atoms with Gasteiger partial charge in [0, 0.05) is 19.6 Å². The van der Waals surface area contributed by atoms with E-state index in [1.165, 1.54) is 16.7 Å². The van der Waals surface area contributed by atoms with E-state index in [0.717, 1.165) is 38.2 Å². The van der Waals surface area contributed by atoms with Crippen LogP contribution in [0.25, 0.3) is 0 Å². The van der Waals surface area contributed by atoms with E-state index in [1.807, 2.05) is 24.3 Å². The van der Waals surface area contributed by atoms with Crippen LogP contribution in [0.1, 0.15) is 16.7 Å². The molecular weight excluding hydrogens is 290 g/mol. The molecule has 2 aromatic carbocycles. The summed E-state index contributed by atoms with van der Waals surface area (Å²) in [7, 11) is 3.27. The van der Waals surface area contributed by atoms with Gasteiger partial charge >= 0.3 is 0 Å². The van der Waals surface area contributed by atoms with Gasteiger partial charge in [-0.2, -0.15) is 0 Å². The fourth-order valence-corrected chi connectivity index (χ4v) is 3.07. The van der Waals surface area contributed by atoms with Crippen LogP contribution in [0.15, 0.2) is 36.4 Å². The SMILES string of the molecule is COc1ccc(CCN2CCc3cc(OC)c(O)cc3C2)cc1. The summed E-state index contributed by atoms with van der Waals surface area (Å²) < 4.78 is 10.4. The lowest BCUT2D eigenvalue weighted by Crippen LogP contribution is -2.32. The molecule has 0 saturated heterocycles. The van der Waals surface area contributed by atoms with Crippen LogP contribution >= 0.6 is 0 Å². The molecule has 0 aromatic heterocycles. The summed E-state index contributed by atoms with van der Waals surface area (Å²) in [6, 6.07) is 12.1. The molecule has 1 aliphatic rings. The Morgan fingerprint density at radius 2 is 1.83 bits per heavy atom. The van der Waals surface area contributed by atoms with Gasteiger partial charge in [0.15, 0.2) is 11.5 Å². The Hall–Kier alpha value is -2.20. The van der Waals surface area contributed by atoms with Crippen LogP contribution < -0.4 is 9.47 Å². The summed E-state index contributed by atoms with van der Waals surface area (Å²) in [6.45, 7) is 2.93. The van der Waals surface area contributed by atoms with Crippen LogP contribution in [-0.4, -0.2) is 37.3 Å². The molecule has 0 saturated carbocycles. The van der Waals surface area contributed by atoms with E-state index >= 15 is 0 Å². The molecule has 4 nitrogen and oxygen atoms in total. The molecule has 4 heteroatoms. The number of rotatable bonds is 5. The molecule has 3 rings (SSSR count). The van der Waals surface area contributed by atoms with E-state index < -0.39 is 0 Å². The normalized spacial score (nSPS) is 14.3. The zero-order chi connectivity index (χ0) is 16.2. The van der Waals surface area contributed by atoms with Crippen molar-refractivity contribution in [1.82, 2.24) is 4.90 Å². The molecule has 23 heavy (non-hydrogen) atoms. The molecule has 1 heterocycles. The predicted molar refractivity (Wildman–Crippen MR) is 90.3 cm³/mol. The first kappa shape index (κ1) is 15.7. The van der Waals surface area contributed by atoms with Crippen molar-refractivity contribution in [3.8, 4) is 17.2 Å². The second kappa shape index (κ2) is 6.92. The minimum absolute atomic E-state index is 0.225. The maximum atomic E-state index is 9.95. The minimum atomic E-state index is 0.225. The highest BCUT2D eigenvalue weighted by Gasteiger charge is 2.18. The zero-order valence-corrected chi connectivity index (χ0v) is 13.7. The van der Waals surface area contributed by atoms with E-state index in [2.05, 4.69) is 17.0 Å². The number of hydrogen-bond donors (Lipinski definition) is 1. The van der Waals surface area contributed by atoms with Gasteiger partial charge in [-0.1, -0.05) is 12.1 Å². The Morgan fingerprint density at radius 1 is 1.04 bits per heavy atom. The highest BCUT2D eigenvalue weighted by atomic mass is 16.5. The third-order valence-corrected chi connectivity index (χ3v) is 4.47. The minimum Gasteiger partial charge on any atom is -0.504 e. The zero-order valence-electron chi connectivity index (χ0n) is 13.7. The number of nitrogens with zero attached hydrogens (tertiary/aromatic N) is 1. The topological polar surface area (TPSA) is 41.9 Å². The fourth-order valence-electron chi connectivity index (χ4n) is 3.07. The van der Waals surface area contributed by atoms with Gasteiger partial charge in [-0.15, -0.1) is 0 Å². The van der Waals surface area contributed by atoms with E-state index in [0.29, 0.717) is 5.75 Å². The summed E-state index contributed by atoms with van der Waals surface area (Å²) >= 11 is 0. The molecule has 0 amide bonds. The van der Waals surface area contributed by atoms with Crippen molar-refractivity contribution in [2.24, 2.45) is 0 Å². The fraction of sp³-hybridized carbons (Fsp3) is 0.368. The lowest BCUT2D eigenvalue weighted by molar-refractivity contribution is 0.256. The van der Waals surface area contributed by atoms with Crippen LogP contribution in [0.4, 0.5) is 0 Å². The largest absolute Gasteiger partial charge is 0.504 e. The van der Waals surface area contributed by atoms with Crippen LogP contribution in [-0.2, 0) is 19.4 Å². The number of ether oxygens (including phenoxy) is 2. The molecule has 122 valence electrons.